The molecule has 0 amide bonds. The second-order valence-electron chi connectivity index (χ2n) is 6.04. The maximum absolute atomic E-state index is 5.38. The highest BCUT2D eigenvalue weighted by molar-refractivity contribution is 5.30. The highest BCUT2D eigenvalue weighted by Crippen LogP contribution is 2.32. The monoisotopic (exact) mass is 299 g/mol. The van der Waals surface area contributed by atoms with Gasteiger partial charge in [0.1, 0.15) is 5.75 Å². The summed E-state index contributed by atoms with van der Waals surface area (Å²) in [5.74, 6) is 0.950. The van der Waals surface area contributed by atoms with E-state index in [0.717, 1.165) is 24.5 Å². The lowest BCUT2D eigenvalue weighted by Gasteiger charge is -2.36. The Kier molecular flexibility index (Phi) is 4.78. The van der Waals surface area contributed by atoms with E-state index >= 15 is 0 Å². The molecule has 2 heterocycles. The fourth-order valence-electron chi connectivity index (χ4n) is 3.30. The zero-order chi connectivity index (χ0) is 15.4. The molecule has 3 rings (SSSR count). The third-order valence-corrected chi connectivity index (χ3v) is 4.48. The summed E-state index contributed by atoms with van der Waals surface area (Å²) in [5.41, 5.74) is 2.46. The molecule has 0 saturated carbocycles. The molecule has 0 bridgehead atoms. The highest BCUT2D eigenvalue weighted by Gasteiger charge is 2.23. The number of ether oxygens (including phenoxy) is 1. The highest BCUT2D eigenvalue weighted by atomic mass is 16.5. The Balaban J connectivity index is 1.70. The van der Waals surface area contributed by atoms with Crippen molar-refractivity contribution in [1.29, 1.82) is 0 Å². The van der Waals surface area contributed by atoms with E-state index in [1.165, 1.54) is 31.4 Å². The van der Waals surface area contributed by atoms with Crippen LogP contribution in [0.2, 0.25) is 0 Å². The first-order valence-corrected chi connectivity index (χ1v) is 8.14. The largest absolute Gasteiger partial charge is 0.497 e. The lowest BCUT2D eigenvalue weighted by molar-refractivity contribution is 0.141. The molecule has 1 fully saturated rings. The average Bonchev–Trinajstić information content (AvgIpc) is 2.99. The zero-order valence-electron chi connectivity index (χ0n) is 13.5. The molecule has 1 unspecified atom stereocenters. The molecule has 118 valence electrons. The molecule has 1 aliphatic heterocycles. The molecule has 1 saturated heterocycles. The van der Waals surface area contributed by atoms with Gasteiger partial charge < -0.3 is 4.74 Å². The number of hydrogen-bond donors (Lipinski definition) is 0. The minimum absolute atomic E-state index is 0.500. The molecule has 1 aliphatic rings. The first-order valence-electron chi connectivity index (χ1n) is 8.14. The summed E-state index contributed by atoms with van der Waals surface area (Å²) in [6.45, 7) is 5.20. The lowest BCUT2D eigenvalue weighted by Crippen LogP contribution is -2.35. The quantitative estimate of drug-likeness (QED) is 0.847. The van der Waals surface area contributed by atoms with E-state index in [2.05, 4.69) is 40.5 Å². The van der Waals surface area contributed by atoms with Crippen LogP contribution in [0.5, 0.6) is 5.75 Å². The molecule has 22 heavy (non-hydrogen) atoms. The number of benzene rings is 1. The first kappa shape index (κ1) is 15.1. The van der Waals surface area contributed by atoms with Crippen molar-refractivity contribution in [2.24, 2.45) is 0 Å². The fourth-order valence-corrected chi connectivity index (χ4v) is 3.30. The van der Waals surface area contributed by atoms with E-state index in [4.69, 9.17) is 4.74 Å². The summed E-state index contributed by atoms with van der Waals surface area (Å²) in [6, 6.07) is 11.1. The molecule has 0 aliphatic carbocycles. The van der Waals surface area contributed by atoms with Crippen molar-refractivity contribution < 1.29 is 4.74 Å². The van der Waals surface area contributed by atoms with Gasteiger partial charge in [-0.05, 0) is 50.1 Å². The van der Waals surface area contributed by atoms with Crippen LogP contribution in [0, 0.1) is 6.92 Å². The van der Waals surface area contributed by atoms with Crippen LogP contribution in [0.15, 0.2) is 36.5 Å². The number of aryl methyl sites for hydroxylation is 1. The second kappa shape index (κ2) is 6.97. The normalized spacial score (nSPS) is 19.3. The van der Waals surface area contributed by atoms with E-state index in [1.54, 1.807) is 7.11 Å². The number of aromatic nitrogens is 2. The van der Waals surface area contributed by atoms with E-state index in [9.17, 15) is 0 Å². The Morgan fingerprint density at radius 2 is 2.14 bits per heavy atom. The van der Waals surface area contributed by atoms with Crippen LogP contribution >= 0.6 is 0 Å². The van der Waals surface area contributed by atoms with E-state index in [1.807, 2.05) is 17.7 Å². The van der Waals surface area contributed by atoms with Crippen molar-refractivity contribution >= 4 is 0 Å². The van der Waals surface area contributed by atoms with E-state index in [-0.39, 0.29) is 0 Å². The second-order valence-corrected chi connectivity index (χ2v) is 6.04. The Hall–Kier alpha value is -1.81. The van der Waals surface area contributed by atoms with Gasteiger partial charge in [-0.1, -0.05) is 18.6 Å². The minimum Gasteiger partial charge on any atom is -0.497 e. The van der Waals surface area contributed by atoms with Crippen molar-refractivity contribution in [3.63, 3.8) is 0 Å². The summed E-state index contributed by atoms with van der Waals surface area (Å²) in [5, 5.41) is 4.49. The number of likely N-dealkylation sites (tertiary alicyclic amines) is 1. The van der Waals surface area contributed by atoms with Gasteiger partial charge in [0.15, 0.2) is 0 Å². The van der Waals surface area contributed by atoms with Crippen molar-refractivity contribution in [1.82, 2.24) is 14.7 Å². The Morgan fingerprint density at radius 3 is 2.91 bits per heavy atom. The molecule has 1 atom stereocenters. The van der Waals surface area contributed by atoms with Gasteiger partial charge in [-0.2, -0.15) is 5.10 Å². The molecule has 4 heteroatoms. The topological polar surface area (TPSA) is 30.3 Å². The van der Waals surface area contributed by atoms with Gasteiger partial charge in [-0.3, -0.25) is 9.58 Å². The van der Waals surface area contributed by atoms with Gasteiger partial charge in [0.2, 0.25) is 0 Å². The molecule has 1 aromatic carbocycles. The van der Waals surface area contributed by atoms with Gasteiger partial charge in [-0.15, -0.1) is 0 Å². The number of nitrogens with zero attached hydrogens (tertiary/aromatic N) is 3. The fraction of sp³-hybridized carbons (Fsp3) is 0.500. The SMILES string of the molecule is COc1cccc(C2CCCCN2CCn2ccc(C)n2)c1. The van der Waals surface area contributed by atoms with Crippen molar-refractivity contribution in [2.75, 3.05) is 20.2 Å². The molecular weight excluding hydrogens is 274 g/mol. The van der Waals surface area contributed by atoms with Gasteiger partial charge >= 0.3 is 0 Å². The summed E-state index contributed by atoms with van der Waals surface area (Å²) >= 11 is 0. The van der Waals surface area contributed by atoms with Crippen molar-refractivity contribution in [3.8, 4) is 5.75 Å². The first-order chi connectivity index (χ1) is 10.8. The maximum atomic E-state index is 5.38. The van der Waals surface area contributed by atoms with Gasteiger partial charge in [0.25, 0.3) is 0 Å². The maximum Gasteiger partial charge on any atom is 0.119 e. The number of methoxy groups -OCH3 is 1. The van der Waals surface area contributed by atoms with Crippen LogP contribution in [-0.2, 0) is 6.54 Å². The molecule has 0 N–H and O–H groups in total. The minimum atomic E-state index is 0.500. The average molecular weight is 299 g/mol. The Bertz CT molecular complexity index is 608. The summed E-state index contributed by atoms with van der Waals surface area (Å²) in [6.07, 6.45) is 5.89. The predicted molar refractivity (Wildman–Crippen MR) is 88.1 cm³/mol. The van der Waals surface area contributed by atoms with E-state index in [0.29, 0.717) is 6.04 Å². The van der Waals surface area contributed by atoms with Crippen LogP contribution in [0.3, 0.4) is 0 Å². The Morgan fingerprint density at radius 1 is 1.23 bits per heavy atom. The smallest absolute Gasteiger partial charge is 0.119 e. The summed E-state index contributed by atoms with van der Waals surface area (Å²) < 4.78 is 7.43. The number of piperidine rings is 1. The van der Waals surface area contributed by atoms with Gasteiger partial charge in [0, 0.05) is 18.8 Å². The molecule has 2 aromatic rings. The van der Waals surface area contributed by atoms with E-state index < -0.39 is 0 Å². The molecule has 4 nitrogen and oxygen atoms in total. The van der Waals surface area contributed by atoms with Crippen LogP contribution in [0.25, 0.3) is 0 Å². The predicted octanol–water partition coefficient (Wildman–Crippen LogP) is 3.43. The summed E-state index contributed by atoms with van der Waals surface area (Å²) in [4.78, 5) is 2.59. The third kappa shape index (κ3) is 3.50. The van der Waals surface area contributed by atoms with Gasteiger partial charge in [-0.25, -0.2) is 0 Å². The van der Waals surface area contributed by atoms with Gasteiger partial charge in [0.05, 0.1) is 19.3 Å². The third-order valence-electron chi connectivity index (χ3n) is 4.48. The van der Waals surface area contributed by atoms with Crippen molar-refractivity contribution in [3.05, 3.63) is 47.8 Å². The molecule has 0 spiro atoms. The lowest BCUT2D eigenvalue weighted by atomic mass is 9.95. The molecular formula is C18H25N3O. The van der Waals surface area contributed by atoms with Crippen LogP contribution in [0.4, 0.5) is 0 Å². The number of hydrogen-bond acceptors (Lipinski definition) is 3. The molecule has 1 aromatic heterocycles. The molecule has 0 radical (unpaired) electrons. The van der Waals surface area contributed by atoms with Crippen LogP contribution < -0.4 is 4.74 Å². The van der Waals surface area contributed by atoms with Crippen LogP contribution in [-0.4, -0.2) is 34.9 Å². The van der Waals surface area contributed by atoms with Crippen LogP contribution in [0.1, 0.15) is 36.6 Å². The Labute approximate surface area is 132 Å². The summed E-state index contributed by atoms with van der Waals surface area (Å²) in [7, 11) is 1.73. The zero-order valence-corrected chi connectivity index (χ0v) is 13.5. The standard InChI is InChI=1S/C18H25N3O/c1-15-9-11-21(19-15)13-12-20-10-4-3-8-18(20)16-6-5-7-17(14-16)22-2/h5-7,9,11,14,18H,3-4,8,10,12-13H2,1-2H3. The number of rotatable bonds is 5. The van der Waals surface area contributed by atoms with Crippen molar-refractivity contribution in [2.45, 2.75) is 38.8 Å².